The Morgan fingerprint density at radius 2 is 1.33 bits per heavy atom. The number of furan rings is 1. The molecule has 0 fully saturated rings. The van der Waals surface area contributed by atoms with Gasteiger partial charge in [-0.3, -0.25) is 4.98 Å². The first-order valence-corrected chi connectivity index (χ1v) is 28.6. The van der Waals surface area contributed by atoms with E-state index in [2.05, 4.69) is 217 Å². The van der Waals surface area contributed by atoms with Gasteiger partial charge in [0.25, 0.3) is 0 Å². The molecule has 0 aliphatic rings. The second kappa shape index (κ2) is 20.8. The fourth-order valence-electron chi connectivity index (χ4n) is 10.1. The molecule has 0 N–H and O–H groups in total. The molecule has 0 aliphatic carbocycles. The molecule has 11 rings (SSSR count). The van der Waals surface area contributed by atoms with Crippen molar-refractivity contribution in [1.29, 1.82) is 0 Å². The summed E-state index contributed by atoms with van der Waals surface area (Å²) in [5, 5.41) is 6.02. The predicted molar refractivity (Wildman–Crippen MR) is 302 cm³/mol. The summed E-state index contributed by atoms with van der Waals surface area (Å²) in [4.78, 5) is 15.0. The average Bonchev–Trinajstić information content (AvgIpc) is 3.95. The van der Waals surface area contributed by atoms with E-state index in [-0.39, 0.29) is 31.9 Å². The second-order valence-electron chi connectivity index (χ2n) is 21.1. The van der Waals surface area contributed by atoms with E-state index in [0.717, 1.165) is 73.3 Å². The Morgan fingerprint density at radius 1 is 0.639 bits per heavy atom. The molecule has 0 spiro atoms. The number of aryl methyl sites for hydroxylation is 1. The number of para-hydroxylation sites is 2. The van der Waals surface area contributed by atoms with Crippen LogP contribution >= 0.6 is 0 Å². The number of imidazole rings is 1. The van der Waals surface area contributed by atoms with Crippen LogP contribution in [0.2, 0.25) is 19.6 Å². The monoisotopic (exact) mass is 1140 g/mol. The summed E-state index contributed by atoms with van der Waals surface area (Å²) in [6, 6.07) is 62.3. The Morgan fingerprint density at radius 3 is 2.03 bits per heavy atom. The van der Waals surface area contributed by atoms with Crippen molar-refractivity contribution < 1.29 is 24.5 Å². The molecule has 4 heterocycles. The van der Waals surface area contributed by atoms with Gasteiger partial charge in [-0.1, -0.05) is 170 Å². The maximum Gasteiger partial charge on any atom is 0.216 e. The van der Waals surface area contributed by atoms with Crippen molar-refractivity contribution in [3.05, 3.63) is 198 Å². The molecule has 4 aromatic heterocycles. The maximum absolute atomic E-state index is 6.74. The molecular formula is C65H62IrN4OSi-2. The van der Waals surface area contributed by atoms with E-state index in [1.807, 2.05) is 36.4 Å². The summed E-state index contributed by atoms with van der Waals surface area (Å²) >= 11 is 0. The van der Waals surface area contributed by atoms with Gasteiger partial charge in [-0.05, 0) is 111 Å². The Hall–Kier alpha value is -6.76. The molecule has 0 saturated carbocycles. The van der Waals surface area contributed by atoms with E-state index in [0.29, 0.717) is 11.6 Å². The largest absolute Gasteiger partial charge is 0.486 e. The van der Waals surface area contributed by atoms with E-state index >= 15 is 0 Å². The van der Waals surface area contributed by atoms with E-state index in [4.69, 9.17) is 14.4 Å². The van der Waals surface area contributed by atoms with E-state index in [1.165, 1.54) is 49.5 Å². The van der Waals surface area contributed by atoms with Crippen LogP contribution in [0.5, 0.6) is 0 Å². The Balaban J connectivity index is 0.000000257. The van der Waals surface area contributed by atoms with Gasteiger partial charge in [0.2, 0.25) is 5.71 Å². The van der Waals surface area contributed by atoms with E-state index in [1.54, 1.807) is 0 Å². The van der Waals surface area contributed by atoms with Crippen LogP contribution in [0.15, 0.2) is 168 Å². The fourth-order valence-corrected chi connectivity index (χ4v) is 11.6. The second-order valence-corrected chi connectivity index (χ2v) is 26.1. The van der Waals surface area contributed by atoms with Gasteiger partial charge in [-0.15, -0.1) is 53.6 Å². The SMILES string of the molecule is CC(C)Cc1cc(-c2[c-]cccc2)ncc1[Si](C)(C)C.Cc1c[c-]c(-c2nc3ccccc3n2-c2c(C(C)C)cc(-c3ccc4ccccc4c3)cc2C(C)C)c2oc3nc(-c4ccccc4)ccc3c12.[Ir]. The number of benzene rings is 7. The van der Waals surface area contributed by atoms with Crippen LogP contribution in [0.1, 0.15) is 75.6 Å². The molecule has 0 bridgehead atoms. The Kier molecular flexibility index (Phi) is 14.5. The third kappa shape index (κ3) is 9.91. The molecule has 0 unspecified atom stereocenters. The van der Waals surface area contributed by atoms with Gasteiger partial charge in [0.15, 0.2) is 0 Å². The minimum atomic E-state index is -1.34. The number of hydrogen-bond donors (Lipinski definition) is 0. The van der Waals surface area contributed by atoms with Crippen molar-refractivity contribution in [3.63, 3.8) is 0 Å². The number of fused-ring (bicyclic) bond motifs is 5. The number of nitrogens with zero attached hydrogens (tertiary/aromatic N) is 4. The quantitative estimate of drug-likeness (QED) is 0.101. The molecule has 7 aromatic carbocycles. The zero-order valence-corrected chi connectivity index (χ0v) is 46.5. The molecule has 0 amide bonds. The van der Waals surface area contributed by atoms with Gasteiger partial charge in [0.1, 0.15) is 0 Å². The molecular weight excluding hydrogens is 1070 g/mol. The summed E-state index contributed by atoms with van der Waals surface area (Å²) in [5.41, 5.74) is 17.0. The minimum Gasteiger partial charge on any atom is -0.486 e. The van der Waals surface area contributed by atoms with Crippen molar-refractivity contribution in [2.45, 2.75) is 86.4 Å². The Labute approximate surface area is 439 Å². The van der Waals surface area contributed by atoms with Crippen LogP contribution in [0.25, 0.3) is 94.6 Å². The summed E-state index contributed by atoms with van der Waals surface area (Å²) in [5.74, 6) is 1.98. The number of pyridine rings is 2. The number of rotatable bonds is 10. The van der Waals surface area contributed by atoms with Crippen LogP contribution in [0, 0.1) is 25.0 Å². The van der Waals surface area contributed by atoms with Crippen LogP contribution in [-0.2, 0) is 26.5 Å². The molecule has 11 aromatic rings. The van der Waals surface area contributed by atoms with Crippen LogP contribution in [0.3, 0.4) is 0 Å². The van der Waals surface area contributed by atoms with Crippen molar-refractivity contribution in [2.75, 3.05) is 0 Å². The van der Waals surface area contributed by atoms with Gasteiger partial charge in [-0.2, -0.15) is 0 Å². The van der Waals surface area contributed by atoms with Crippen molar-refractivity contribution in [1.82, 2.24) is 19.5 Å². The van der Waals surface area contributed by atoms with Crippen LogP contribution in [0.4, 0.5) is 0 Å². The van der Waals surface area contributed by atoms with Crippen molar-refractivity contribution in [3.8, 4) is 50.7 Å². The van der Waals surface area contributed by atoms with Gasteiger partial charge in [0, 0.05) is 42.9 Å². The normalized spacial score (nSPS) is 11.8. The van der Waals surface area contributed by atoms with E-state index in [9.17, 15) is 0 Å². The Bertz CT molecular complexity index is 3690. The van der Waals surface area contributed by atoms with E-state index < -0.39 is 8.07 Å². The molecule has 0 saturated heterocycles. The predicted octanol–water partition coefficient (Wildman–Crippen LogP) is 17.1. The summed E-state index contributed by atoms with van der Waals surface area (Å²) < 4.78 is 9.10. The number of aromatic nitrogens is 4. The van der Waals surface area contributed by atoms with Gasteiger partial charge < -0.3 is 14.0 Å². The fraction of sp³-hybridized carbons (Fsp3) is 0.215. The molecule has 0 aliphatic heterocycles. The van der Waals surface area contributed by atoms with Crippen LogP contribution < -0.4 is 5.19 Å². The third-order valence-electron chi connectivity index (χ3n) is 13.6. The smallest absolute Gasteiger partial charge is 0.216 e. The first kappa shape index (κ1) is 50.2. The summed E-state index contributed by atoms with van der Waals surface area (Å²) in [7, 11) is -1.34. The first-order chi connectivity index (χ1) is 34.2. The molecule has 5 nitrogen and oxygen atoms in total. The van der Waals surface area contributed by atoms with Gasteiger partial charge >= 0.3 is 0 Å². The minimum absolute atomic E-state index is 0. The molecule has 363 valence electrons. The zero-order valence-electron chi connectivity index (χ0n) is 43.1. The molecule has 1 radical (unpaired) electrons. The third-order valence-corrected chi connectivity index (χ3v) is 15.7. The topological polar surface area (TPSA) is 56.7 Å². The zero-order chi connectivity index (χ0) is 49.6. The van der Waals surface area contributed by atoms with Crippen molar-refractivity contribution in [2.24, 2.45) is 5.92 Å². The van der Waals surface area contributed by atoms with Gasteiger partial charge in [0.05, 0.1) is 36.2 Å². The first-order valence-electron chi connectivity index (χ1n) is 25.1. The molecule has 7 heteroatoms. The molecule has 72 heavy (non-hydrogen) atoms. The van der Waals surface area contributed by atoms with Crippen LogP contribution in [-0.4, -0.2) is 27.6 Å². The summed E-state index contributed by atoms with van der Waals surface area (Å²) in [6.45, 7) is 23.0. The van der Waals surface area contributed by atoms with Gasteiger partial charge in [-0.25, -0.2) is 4.98 Å². The maximum atomic E-state index is 6.74. The van der Waals surface area contributed by atoms with Crippen molar-refractivity contribution >= 4 is 57.1 Å². The average molecular weight is 1140 g/mol. The standard InChI is InChI=1S/C47H38N3O.C18H24NSi.Ir/c1-28(2)38-26-35(34-21-20-31-13-9-10-16-33(31)25-34)27-39(29(3)4)44(38)50-42-18-12-11-17-41(42)48-46(50)37-22-19-30(5)43-36-23-24-40(32-14-7-6-8-15-32)49-47(36)51-45(37)43;1-14(2)11-16-12-17(15-9-7-6-8-10-15)19-13-18(16)20(3,4)5;/h6-21,23-29H,1-5H3;6-9,12-14H,11H2,1-5H3;/q2*-1;. The number of hydrogen-bond acceptors (Lipinski definition) is 4. The molecule has 0 atom stereocenters. The summed E-state index contributed by atoms with van der Waals surface area (Å²) in [6.07, 6.45) is 3.24.